The fourth-order valence-corrected chi connectivity index (χ4v) is 2.14. The molecule has 0 radical (unpaired) electrons. The molecule has 0 atom stereocenters. The lowest BCUT2D eigenvalue weighted by Gasteiger charge is -2.24. The Hall–Kier alpha value is -1.18. The van der Waals surface area contributed by atoms with E-state index in [4.69, 9.17) is 20.9 Å². The maximum absolute atomic E-state index is 11.0. The highest BCUT2D eigenvalue weighted by Gasteiger charge is 2.24. The Morgan fingerprint density at radius 3 is 2.89 bits per heavy atom. The monoisotopic (exact) mass is 288 g/mol. The molecule has 0 bridgehead atoms. The molecule has 0 spiro atoms. The second-order valence-electron chi connectivity index (χ2n) is 4.27. The molecule has 7 nitrogen and oxygen atoms in total. The molecule has 0 aromatic carbocycles. The Balaban J connectivity index is 1.99. The lowest BCUT2D eigenvalue weighted by Crippen LogP contribution is -2.47. The summed E-state index contributed by atoms with van der Waals surface area (Å²) in [5.74, 6) is 0.0750. The van der Waals surface area contributed by atoms with Crippen molar-refractivity contribution in [3.63, 3.8) is 0 Å². The zero-order valence-electron chi connectivity index (χ0n) is 10.8. The first-order valence-electron chi connectivity index (χ1n) is 6.17. The van der Waals surface area contributed by atoms with Gasteiger partial charge in [0.15, 0.2) is 6.54 Å². The maximum Gasteiger partial charge on any atom is 0.325 e. The topological polar surface area (TPSA) is 77.8 Å². The van der Waals surface area contributed by atoms with Gasteiger partial charge in [0.2, 0.25) is 5.27 Å². The van der Waals surface area contributed by atoms with Gasteiger partial charge in [-0.1, -0.05) is 0 Å². The molecule has 1 saturated heterocycles. The van der Waals surface area contributed by atoms with Gasteiger partial charge in [0.05, 0.1) is 19.8 Å². The van der Waals surface area contributed by atoms with Crippen LogP contribution in [0.4, 0.5) is 5.88 Å². The van der Waals surface area contributed by atoms with E-state index in [2.05, 4.69) is 15.2 Å². The standard InChI is InChI=1S/C11H17ClN4O3/c1-9(17)13-11-10(8-12)16(14-19-11)3-2-15-4-6-18-7-5-15/h2-8H2,1H3. The number of morpholine rings is 1. The Bertz CT molecular complexity index is 439. The van der Waals surface area contributed by atoms with E-state index in [1.54, 1.807) is 4.68 Å². The minimum Gasteiger partial charge on any atom is -0.862 e. The Morgan fingerprint density at radius 1 is 1.53 bits per heavy atom. The van der Waals surface area contributed by atoms with Crippen molar-refractivity contribution >= 4 is 23.4 Å². The largest absolute Gasteiger partial charge is 0.862 e. The molecule has 19 heavy (non-hydrogen) atoms. The van der Waals surface area contributed by atoms with E-state index in [0.29, 0.717) is 12.2 Å². The average molecular weight is 289 g/mol. The van der Waals surface area contributed by atoms with Crippen molar-refractivity contribution in [1.29, 1.82) is 0 Å². The minimum absolute atomic E-state index is 0.199. The van der Waals surface area contributed by atoms with Gasteiger partial charge >= 0.3 is 5.88 Å². The summed E-state index contributed by atoms with van der Waals surface area (Å²) in [6, 6.07) is 0. The predicted molar refractivity (Wildman–Crippen MR) is 66.3 cm³/mol. The number of aliphatic imine (C=N–C) groups is 1. The summed E-state index contributed by atoms with van der Waals surface area (Å²) in [6.45, 7) is 6.20. The molecule has 106 valence electrons. The molecule has 2 rings (SSSR count). The van der Waals surface area contributed by atoms with Crippen LogP contribution in [0, 0.1) is 0 Å². The van der Waals surface area contributed by atoms with E-state index >= 15 is 0 Å². The summed E-state index contributed by atoms with van der Waals surface area (Å²) in [7, 11) is 0. The van der Waals surface area contributed by atoms with Crippen molar-refractivity contribution in [1.82, 2.24) is 10.2 Å². The summed E-state index contributed by atoms with van der Waals surface area (Å²) >= 11 is 5.86. The van der Waals surface area contributed by atoms with Crippen molar-refractivity contribution < 1.29 is 19.0 Å². The molecule has 0 unspecified atom stereocenters. The Labute approximate surface area is 116 Å². The van der Waals surface area contributed by atoms with Crippen LogP contribution >= 0.6 is 11.6 Å². The highest BCUT2D eigenvalue weighted by atomic mass is 35.5. The normalized spacial score (nSPS) is 17.9. The van der Waals surface area contributed by atoms with Crippen molar-refractivity contribution in [3.8, 4) is 0 Å². The number of hydrogen-bond donors (Lipinski definition) is 0. The molecule has 0 aliphatic carbocycles. The van der Waals surface area contributed by atoms with Crippen LogP contribution in [0.3, 0.4) is 0 Å². The molecule has 1 fully saturated rings. The third-order valence-corrected chi connectivity index (χ3v) is 3.15. The van der Waals surface area contributed by atoms with Gasteiger partial charge < -0.3 is 9.84 Å². The van der Waals surface area contributed by atoms with E-state index in [1.165, 1.54) is 6.92 Å². The number of alkyl halides is 1. The highest BCUT2D eigenvalue weighted by molar-refractivity contribution is 6.17. The summed E-state index contributed by atoms with van der Waals surface area (Å²) in [4.78, 5) is 6.02. The van der Waals surface area contributed by atoms with Crippen LogP contribution in [0.2, 0.25) is 0 Å². The molecule has 1 aromatic heterocycles. The SMILES string of the molecule is C/C([O-])=N/c1on[n+](CCN2CCOCC2)c1CCl. The molecule has 1 aromatic rings. The van der Waals surface area contributed by atoms with Gasteiger partial charge in [-0.25, -0.2) is 4.99 Å². The zero-order chi connectivity index (χ0) is 13.7. The van der Waals surface area contributed by atoms with Crippen LogP contribution in [0.15, 0.2) is 9.52 Å². The lowest BCUT2D eigenvalue weighted by atomic mass is 10.4. The van der Waals surface area contributed by atoms with Gasteiger partial charge in [0.25, 0.3) is 5.69 Å². The number of hydrogen-bond acceptors (Lipinski definition) is 6. The molecule has 1 aliphatic rings. The summed E-state index contributed by atoms with van der Waals surface area (Å²) in [5, 5.41) is 14.8. The first-order valence-corrected chi connectivity index (χ1v) is 6.71. The quantitative estimate of drug-likeness (QED) is 0.314. The van der Waals surface area contributed by atoms with Crippen LogP contribution in [0.5, 0.6) is 0 Å². The molecule has 8 heteroatoms. The number of halogens is 1. The minimum atomic E-state index is -0.331. The summed E-state index contributed by atoms with van der Waals surface area (Å²) in [5.41, 5.74) is 0.630. The third-order valence-electron chi connectivity index (χ3n) is 2.90. The van der Waals surface area contributed by atoms with Crippen LogP contribution < -0.4 is 9.79 Å². The van der Waals surface area contributed by atoms with Crippen LogP contribution in [-0.4, -0.2) is 48.9 Å². The van der Waals surface area contributed by atoms with Gasteiger partial charge in [-0.05, 0) is 17.5 Å². The maximum atomic E-state index is 11.0. The number of ether oxygens (including phenoxy) is 1. The van der Waals surface area contributed by atoms with Crippen molar-refractivity contribution in [3.05, 3.63) is 5.69 Å². The van der Waals surface area contributed by atoms with Crippen molar-refractivity contribution in [2.24, 2.45) is 4.99 Å². The number of aromatic nitrogens is 2. The van der Waals surface area contributed by atoms with Gasteiger partial charge in [-0.15, -0.1) is 11.6 Å². The number of nitrogens with zero attached hydrogens (tertiary/aromatic N) is 4. The molecule has 2 heterocycles. The molecule has 0 amide bonds. The summed E-state index contributed by atoms with van der Waals surface area (Å²) in [6.07, 6.45) is 0. The molecular weight excluding hydrogens is 272 g/mol. The van der Waals surface area contributed by atoms with Crippen LogP contribution in [-0.2, 0) is 17.2 Å². The van der Waals surface area contributed by atoms with Gasteiger partial charge in [0, 0.05) is 13.1 Å². The van der Waals surface area contributed by atoms with E-state index in [1.807, 2.05) is 0 Å². The van der Waals surface area contributed by atoms with Gasteiger partial charge in [-0.3, -0.25) is 9.42 Å². The van der Waals surface area contributed by atoms with Crippen molar-refractivity contribution in [2.75, 3.05) is 32.8 Å². The fourth-order valence-electron chi connectivity index (χ4n) is 1.89. The second kappa shape index (κ2) is 6.83. The number of rotatable bonds is 5. The van der Waals surface area contributed by atoms with E-state index in [0.717, 1.165) is 32.8 Å². The third kappa shape index (κ3) is 3.89. The highest BCUT2D eigenvalue weighted by Crippen LogP contribution is 2.16. The first kappa shape index (κ1) is 14.2. The smallest absolute Gasteiger partial charge is 0.325 e. The lowest BCUT2D eigenvalue weighted by molar-refractivity contribution is -0.766. The summed E-state index contributed by atoms with van der Waals surface area (Å²) < 4.78 is 12.0. The van der Waals surface area contributed by atoms with Crippen molar-refractivity contribution in [2.45, 2.75) is 19.3 Å². The van der Waals surface area contributed by atoms with E-state index in [9.17, 15) is 5.11 Å². The predicted octanol–water partition coefficient (Wildman–Crippen LogP) is -0.557. The average Bonchev–Trinajstić information content (AvgIpc) is 2.78. The molecular formula is C11H17ClN4O3. The second-order valence-corrected chi connectivity index (χ2v) is 4.53. The van der Waals surface area contributed by atoms with Gasteiger partial charge in [-0.2, -0.15) is 0 Å². The Morgan fingerprint density at radius 2 is 2.26 bits per heavy atom. The Kier molecular flexibility index (Phi) is 5.12. The van der Waals surface area contributed by atoms with E-state index < -0.39 is 0 Å². The van der Waals surface area contributed by atoms with E-state index in [-0.39, 0.29) is 17.7 Å². The zero-order valence-corrected chi connectivity index (χ0v) is 11.6. The molecule has 0 saturated carbocycles. The van der Waals surface area contributed by atoms with Crippen LogP contribution in [0.1, 0.15) is 12.6 Å². The van der Waals surface area contributed by atoms with Crippen LogP contribution in [0.25, 0.3) is 0 Å². The molecule has 1 aliphatic heterocycles. The first-order chi connectivity index (χ1) is 9.20. The fraction of sp³-hybridized carbons (Fsp3) is 0.727. The molecule has 0 N–H and O–H groups in total. The van der Waals surface area contributed by atoms with Gasteiger partial charge in [0.1, 0.15) is 5.88 Å².